The summed E-state index contributed by atoms with van der Waals surface area (Å²) < 4.78 is 40.1. The summed E-state index contributed by atoms with van der Waals surface area (Å²) in [5.74, 6) is -0.562. The number of nitrogens with zero attached hydrogens (tertiary/aromatic N) is 2. The smallest absolute Gasteiger partial charge is 0.243 e. The molecule has 5 nitrogen and oxygen atoms in total. The Labute approximate surface area is 164 Å². The van der Waals surface area contributed by atoms with Gasteiger partial charge in [0.2, 0.25) is 10.0 Å². The maximum absolute atomic E-state index is 13.4. The van der Waals surface area contributed by atoms with Crippen LogP contribution in [0.3, 0.4) is 0 Å². The highest BCUT2D eigenvalue weighted by atomic mass is 32.2. The summed E-state index contributed by atoms with van der Waals surface area (Å²) in [5, 5.41) is 3.80. The van der Waals surface area contributed by atoms with E-state index in [1.807, 2.05) is 30.9 Å². The zero-order chi connectivity index (χ0) is 19.6. The van der Waals surface area contributed by atoms with E-state index in [0.29, 0.717) is 31.3 Å². The lowest BCUT2D eigenvalue weighted by molar-refractivity contribution is 0.268. The Kier molecular flexibility index (Phi) is 5.78. The maximum atomic E-state index is 13.4. The van der Waals surface area contributed by atoms with E-state index in [2.05, 4.69) is 11.4 Å². The van der Waals surface area contributed by atoms with E-state index < -0.39 is 15.8 Å². The normalized spacial score (nSPS) is 15.6. The van der Waals surface area contributed by atoms with Crippen molar-refractivity contribution in [2.45, 2.75) is 18.7 Å². The Hall–Kier alpha value is -2.03. The zero-order valence-electron chi connectivity index (χ0n) is 15.3. The summed E-state index contributed by atoms with van der Waals surface area (Å²) in [5.41, 5.74) is 3.21. The molecule has 0 bridgehead atoms. The van der Waals surface area contributed by atoms with Gasteiger partial charge in [-0.1, -0.05) is 12.1 Å². The van der Waals surface area contributed by atoms with Crippen molar-refractivity contribution in [1.29, 1.82) is 0 Å². The highest BCUT2D eigenvalue weighted by molar-refractivity contribution is 7.89. The molecule has 1 N–H and O–H groups in total. The summed E-state index contributed by atoms with van der Waals surface area (Å²) in [6.07, 6.45) is 0. The molecule has 0 radical (unpaired) electrons. The summed E-state index contributed by atoms with van der Waals surface area (Å²) in [4.78, 5) is 1.93. The third kappa shape index (κ3) is 4.63. The summed E-state index contributed by atoms with van der Waals surface area (Å²) in [6.45, 7) is 5.60. The molecule has 27 heavy (non-hydrogen) atoms. The monoisotopic (exact) mass is 407 g/mol. The number of rotatable bonds is 3. The molecule has 0 aromatic heterocycles. The number of thiocarbonyl (C=S) groups is 1. The average molecular weight is 408 g/mol. The highest BCUT2D eigenvalue weighted by Crippen LogP contribution is 2.19. The number of hydrogen-bond donors (Lipinski definition) is 1. The van der Waals surface area contributed by atoms with Crippen LogP contribution in [0.15, 0.2) is 47.4 Å². The van der Waals surface area contributed by atoms with Crippen molar-refractivity contribution in [2.75, 3.05) is 31.5 Å². The third-order valence-electron chi connectivity index (χ3n) is 4.43. The molecule has 1 aliphatic rings. The number of sulfonamides is 1. The number of anilines is 1. The van der Waals surface area contributed by atoms with Crippen LogP contribution in [0, 0.1) is 19.7 Å². The second kappa shape index (κ2) is 7.92. The lowest BCUT2D eigenvalue weighted by Crippen LogP contribution is -2.51. The minimum absolute atomic E-state index is 0.0214. The average Bonchev–Trinajstić information content (AvgIpc) is 2.61. The van der Waals surface area contributed by atoms with Gasteiger partial charge in [-0.3, -0.25) is 0 Å². The second-order valence-corrected chi connectivity index (χ2v) is 8.98. The predicted octanol–water partition coefficient (Wildman–Crippen LogP) is 3.15. The quantitative estimate of drug-likeness (QED) is 0.793. The molecule has 1 aliphatic heterocycles. The van der Waals surface area contributed by atoms with Gasteiger partial charge in [-0.05, 0) is 67.5 Å². The van der Waals surface area contributed by atoms with Gasteiger partial charge in [0.15, 0.2) is 5.11 Å². The van der Waals surface area contributed by atoms with Gasteiger partial charge in [0.05, 0.1) is 4.90 Å². The molecule has 3 rings (SSSR count). The van der Waals surface area contributed by atoms with Gasteiger partial charge in [0.25, 0.3) is 0 Å². The molecule has 8 heteroatoms. The molecule has 1 heterocycles. The lowest BCUT2D eigenvalue weighted by atomic mass is 10.1. The van der Waals surface area contributed by atoms with Crippen molar-refractivity contribution in [2.24, 2.45) is 0 Å². The summed E-state index contributed by atoms with van der Waals surface area (Å²) >= 11 is 5.48. The van der Waals surface area contributed by atoms with Crippen LogP contribution in [-0.2, 0) is 10.0 Å². The molecule has 144 valence electrons. The van der Waals surface area contributed by atoms with E-state index in [-0.39, 0.29) is 4.90 Å². The minimum Gasteiger partial charge on any atom is -0.346 e. The number of piperazine rings is 1. The molecule has 0 spiro atoms. The number of aryl methyl sites for hydroxylation is 2. The Morgan fingerprint density at radius 1 is 1.04 bits per heavy atom. The van der Waals surface area contributed by atoms with Crippen molar-refractivity contribution in [3.63, 3.8) is 0 Å². The molecule has 0 saturated carbocycles. The first kappa shape index (κ1) is 19.7. The van der Waals surface area contributed by atoms with Crippen molar-refractivity contribution >= 4 is 33.0 Å². The Balaban J connectivity index is 1.63. The van der Waals surface area contributed by atoms with Crippen LogP contribution in [-0.4, -0.2) is 48.9 Å². The van der Waals surface area contributed by atoms with Gasteiger partial charge in [-0.15, -0.1) is 0 Å². The molecule has 2 aromatic rings. The Morgan fingerprint density at radius 2 is 1.67 bits per heavy atom. The van der Waals surface area contributed by atoms with Crippen molar-refractivity contribution in [1.82, 2.24) is 9.21 Å². The molecule has 1 fully saturated rings. The Morgan fingerprint density at radius 3 is 2.26 bits per heavy atom. The van der Waals surface area contributed by atoms with Crippen LogP contribution < -0.4 is 5.32 Å². The van der Waals surface area contributed by atoms with E-state index >= 15 is 0 Å². The number of hydrogen-bond acceptors (Lipinski definition) is 3. The van der Waals surface area contributed by atoms with Gasteiger partial charge in [0, 0.05) is 31.9 Å². The fraction of sp³-hybridized carbons (Fsp3) is 0.316. The largest absolute Gasteiger partial charge is 0.346 e. The van der Waals surface area contributed by atoms with E-state index in [4.69, 9.17) is 12.2 Å². The van der Waals surface area contributed by atoms with Crippen LogP contribution in [0.4, 0.5) is 10.1 Å². The summed E-state index contributed by atoms with van der Waals surface area (Å²) in [7, 11) is -3.70. The molecule has 0 aliphatic carbocycles. The minimum atomic E-state index is -3.70. The van der Waals surface area contributed by atoms with Crippen molar-refractivity contribution < 1.29 is 12.8 Å². The van der Waals surface area contributed by atoms with Crippen LogP contribution in [0.5, 0.6) is 0 Å². The van der Waals surface area contributed by atoms with Crippen molar-refractivity contribution in [3.05, 3.63) is 59.4 Å². The molecular formula is C19H22FN3O2S2. The number of nitrogens with one attached hydrogen (secondary N) is 1. The zero-order valence-corrected chi connectivity index (χ0v) is 16.9. The highest BCUT2D eigenvalue weighted by Gasteiger charge is 2.29. The second-order valence-electron chi connectivity index (χ2n) is 6.66. The van der Waals surface area contributed by atoms with Crippen LogP contribution in [0.25, 0.3) is 0 Å². The van der Waals surface area contributed by atoms with E-state index in [0.717, 1.165) is 22.9 Å². The SMILES string of the molecule is Cc1cc(C)cc(NC(=S)N2CCN(S(=O)(=O)c3cccc(F)c3)CC2)c1. The standard InChI is InChI=1S/C19H22FN3O2S2/c1-14-10-15(2)12-17(11-14)21-19(26)22-6-8-23(9-7-22)27(24,25)18-5-3-4-16(20)13-18/h3-5,10-13H,6-9H2,1-2H3,(H,21,26). The maximum Gasteiger partial charge on any atom is 0.243 e. The van der Waals surface area contributed by atoms with Gasteiger partial charge in [-0.2, -0.15) is 4.31 Å². The molecule has 0 atom stereocenters. The van der Waals surface area contributed by atoms with E-state index in [1.165, 1.54) is 22.5 Å². The molecule has 0 unspecified atom stereocenters. The summed E-state index contributed by atoms with van der Waals surface area (Å²) in [6, 6.07) is 11.2. The van der Waals surface area contributed by atoms with E-state index in [1.54, 1.807) is 0 Å². The first-order valence-corrected chi connectivity index (χ1v) is 10.5. The van der Waals surface area contributed by atoms with Gasteiger partial charge in [0.1, 0.15) is 5.82 Å². The molecule has 0 amide bonds. The van der Waals surface area contributed by atoms with Gasteiger partial charge < -0.3 is 10.2 Å². The van der Waals surface area contributed by atoms with Crippen LogP contribution >= 0.6 is 12.2 Å². The third-order valence-corrected chi connectivity index (χ3v) is 6.69. The van der Waals surface area contributed by atoms with Gasteiger partial charge >= 0.3 is 0 Å². The molecular weight excluding hydrogens is 385 g/mol. The number of benzene rings is 2. The fourth-order valence-corrected chi connectivity index (χ4v) is 4.91. The van der Waals surface area contributed by atoms with Crippen LogP contribution in [0.2, 0.25) is 0 Å². The lowest BCUT2D eigenvalue weighted by Gasteiger charge is -2.35. The van der Waals surface area contributed by atoms with E-state index in [9.17, 15) is 12.8 Å². The Bertz CT molecular complexity index is 935. The van der Waals surface area contributed by atoms with Crippen molar-refractivity contribution in [3.8, 4) is 0 Å². The molecule has 1 saturated heterocycles. The first-order valence-electron chi connectivity index (χ1n) is 8.66. The van der Waals surface area contributed by atoms with Crippen LogP contribution in [0.1, 0.15) is 11.1 Å². The predicted molar refractivity (Wildman–Crippen MR) is 109 cm³/mol. The van der Waals surface area contributed by atoms with Gasteiger partial charge in [-0.25, -0.2) is 12.8 Å². The topological polar surface area (TPSA) is 52.6 Å². The molecule has 2 aromatic carbocycles. The first-order chi connectivity index (χ1) is 12.8. The number of halogens is 1. The fourth-order valence-electron chi connectivity index (χ4n) is 3.16.